The summed E-state index contributed by atoms with van der Waals surface area (Å²) >= 11 is 5.87. The zero-order chi connectivity index (χ0) is 18.1. The summed E-state index contributed by atoms with van der Waals surface area (Å²) in [5, 5.41) is 7.05. The van der Waals surface area contributed by atoms with Crippen molar-refractivity contribution >= 4 is 47.4 Å². The Morgan fingerprint density at radius 1 is 1.27 bits per heavy atom. The fourth-order valence-electron chi connectivity index (χ4n) is 2.58. The Bertz CT molecular complexity index is 577. The third kappa shape index (κ3) is 7.99. The van der Waals surface area contributed by atoms with E-state index in [0.29, 0.717) is 17.5 Å². The number of likely N-dealkylation sites (tertiary alicyclic amines) is 1. The van der Waals surface area contributed by atoms with Crippen molar-refractivity contribution in [2.75, 3.05) is 32.7 Å². The van der Waals surface area contributed by atoms with Crippen LogP contribution in [0.2, 0.25) is 5.02 Å². The normalized spacial score (nSPS) is 15.2. The zero-order valence-corrected chi connectivity index (χ0v) is 18.4. The van der Waals surface area contributed by atoms with Gasteiger partial charge >= 0.3 is 0 Å². The quantitative estimate of drug-likeness (QED) is 0.348. The van der Waals surface area contributed by atoms with Crippen LogP contribution in [-0.2, 0) is 4.79 Å². The summed E-state index contributed by atoms with van der Waals surface area (Å²) in [5.74, 6) is 1.48. The third-order valence-corrected chi connectivity index (χ3v) is 4.14. The maximum absolute atomic E-state index is 12.1. The van der Waals surface area contributed by atoms with E-state index in [4.69, 9.17) is 16.3 Å². The van der Waals surface area contributed by atoms with E-state index in [-0.39, 0.29) is 42.5 Å². The van der Waals surface area contributed by atoms with Crippen molar-refractivity contribution in [3.63, 3.8) is 0 Å². The third-order valence-electron chi connectivity index (χ3n) is 3.88. The lowest BCUT2D eigenvalue weighted by atomic mass is 10.3. The van der Waals surface area contributed by atoms with Crippen LogP contribution in [0.4, 0.5) is 0 Å². The van der Waals surface area contributed by atoms with Crippen LogP contribution in [0, 0.1) is 0 Å². The topological polar surface area (TPSA) is 66.0 Å². The molecular weight excluding hydrogens is 467 g/mol. The molecule has 1 amide bonds. The fourth-order valence-corrected chi connectivity index (χ4v) is 2.71. The Kier molecular flexibility index (Phi) is 10.7. The van der Waals surface area contributed by atoms with E-state index in [9.17, 15) is 4.79 Å². The first-order chi connectivity index (χ1) is 12.1. The second-order valence-electron chi connectivity index (χ2n) is 6.05. The number of ether oxygens (including phenoxy) is 1. The molecule has 1 atom stereocenters. The highest BCUT2D eigenvalue weighted by molar-refractivity contribution is 14.0. The van der Waals surface area contributed by atoms with Gasteiger partial charge in [0, 0.05) is 24.7 Å². The molecule has 8 heteroatoms. The molecule has 1 aliphatic rings. The van der Waals surface area contributed by atoms with Crippen LogP contribution in [0.1, 0.15) is 26.7 Å². The molecule has 1 saturated heterocycles. The predicted octanol–water partition coefficient (Wildman–Crippen LogP) is 2.90. The van der Waals surface area contributed by atoms with Gasteiger partial charge in [-0.3, -0.25) is 4.79 Å². The lowest BCUT2D eigenvalue weighted by Gasteiger charge is -2.18. The molecule has 0 aliphatic carbocycles. The lowest BCUT2D eigenvalue weighted by Crippen LogP contribution is -2.42. The second kappa shape index (κ2) is 12.2. The van der Waals surface area contributed by atoms with Gasteiger partial charge in [0.05, 0.1) is 6.54 Å². The van der Waals surface area contributed by atoms with Crippen molar-refractivity contribution in [3.05, 3.63) is 29.3 Å². The number of hydrogen-bond acceptors (Lipinski definition) is 3. The van der Waals surface area contributed by atoms with Crippen LogP contribution in [-0.4, -0.2) is 55.6 Å². The molecule has 0 radical (unpaired) electrons. The SMILES string of the molecule is CCNC(=NCC(=O)N1CCCC1)NCC(C)Oc1ccc(Cl)cc1.I. The molecule has 1 aliphatic heterocycles. The standard InChI is InChI=1S/C18H27ClN4O2.HI/c1-3-20-18(22-13-17(24)23-10-4-5-11-23)21-12-14(2)25-16-8-6-15(19)7-9-16;/h6-9,14H,3-5,10-13H2,1-2H3,(H2,20,21,22);1H. The molecular formula is C18H28ClIN4O2. The Morgan fingerprint density at radius 2 is 1.92 bits per heavy atom. The van der Waals surface area contributed by atoms with Crippen LogP contribution >= 0.6 is 35.6 Å². The summed E-state index contributed by atoms with van der Waals surface area (Å²) in [5.41, 5.74) is 0. The molecule has 26 heavy (non-hydrogen) atoms. The monoisotopic (exact) mass is 494 g/mol. The first-order valence-corrected chi connectivity index (χ1v) is 9.18. The molecule has 146 valence electrons. The molecule has 1 aromatic rings. The van der Waals surface area contributed by atoms with Gasteiger partial charge in [0.15, 0.2) is 5.96 Å². The summed E-state index contributed by atoms with van der Waals surface area (Å²) in [4.78, 5) is 18.3. The van der Waals surface area contributed by atoms with Crippen LogP contribution in [0.25, 0.3) is 0 Å². The van der Waals surface area contributed by atoms with E-state index in [2.05, 4.69) is 15.6 Å². The van der Waals surface area contributed by atoms with Crippen molar-refractivity contribution in [2.24, 2.45) is 4.99 Å². The largest absolute Gasteiger partial charge is 0.489 e. The van der Waals surface area contributed by atoms with Gasteiger partial charge in [-0.25, -0.2) is 4.99 Å². The Morgan fingerprint density at radius 3 is 2.54 bits per heavy atom. The Labute approximate surface area is 177 Å². The molecule has 0 aromatic heterocycles. The molecule has 0 spiro atoms. The maximum Gasteiger partial charge on any atom is 0.244 e. The number of nitrogens with one attached hydrogen (secondary N) is 2. The average molecular weight is 495 g/mol. The molecule has 6 nitrogen and oxygen atoms in total. The van der Waals surface area contributed by atoms with E-state index in [0.717, 1.165) is 38.2 Å². The van der Waals surface area contributed by atoms with Gasteiger partial charge < -0.3 is 20.3 Å². The highest BCUT2D eigenvalue weighted by Crippen LogP contribution is 2.16. The molecule has 0 saturated carbocycles. The minimum atomic E-state index is -0.0562. The summed E-state index contributed by atoms with van der Waals surface area (Å²) < 4.78 is 5.83. The zero-order valence-electron chi connectivity index (χ0n) is 15.3. The molecule has 1 unspecified atom stereocenters. The van der Waals surface area contributed by atoms with E-state index >= 15 is 0 Å². The van der Waals surface area contributed by atoms with Gasteiger partial charge in [-0.15, -0.1) is 24.0 Å². The van der Waals surface area contributed by atoms with Gasteiger partial charge in [-0.05, 0) is 51.0 Å². The number of rotatable bonds is 7. The van der Waals surface area contributed by atoms with Crippen molar-refractivity contribution < 1.29 is 9.53 Å². The number of amides is 1. The van der Waals surface area contributed by atoms with Gasteiger partial charge in [0.25, 0.3) is 0 Å². The first-order valence-electron chi connectivity index (χ1n) is 8.80. The van der Waals surface area contributed by atoms with E-state index in [1.54, 1.807) is 12.1 Å². The van der Waals surface area contributed by atoms with Crippen LogP contribution in [0.15, 0.2) is 29.3 Å². The number of nitrogens with zero attached hydrogens (tertiary/aromatic N) is 2. The fraction of sp³-hybridized carbons (Fsp3) is 0.556. The van der Waals surface area contributed by atoms with Crippen LogP contribution in [0.5, 0.6) is 5.75 Å². The number of aliphatic imine (C=N–C) groups is 1. The number of carbonyl (C=O) groups excluding carboxylic acids is 1. The summed E-state index contributed by atoms with van der Waals surface area (Å²) in [6, 6.07) is 7.28. The van der Waals surface area contributed by atoms with Gasteiger partial charge in [0.1, 0.15) is 18.4 Å². The molecule has 1 fully saturated rings. The lowest BCUT2D eigenvalue weighted by molar-refractivity contribution is -0.128. The number of benzene rings is 1. The molecule has 1 aromatic carbocycles. The summed E-state index contributed by atoms with van der Waals surface area (Å²) in [7, 11) is 0. The van der Waals surface area contributed by atoms with Crippen LogP contribution in [0.3, 0.4) is 0 Å². The number of hydrogen-bond donors (Lipinski definition) is 2. The highest BCUT2D eigenvalue weighted by Gasteiger charge is 2.17. The van der Waals surface area contributed by atoms with Crippen molar-refractivity contribution in [1.82, 2.24) is 15.5 Å². The summed E-state index contributed by atoms with van der Waals surface area (Å²) in [6.45, 7) is 7.15. The van der Waals surface area contributed by atoms with Crippen molar-refractivity contribution in [1.29, 1.82) is 0 Å². The van der Waals surface area contributed by atoms with Gasteiger partial charge in [-0.2, -0.15) is 0 Å². The Hall–Kier alpha value is -1.22. The number of carbonyl (C=O) groups is 1. The molecule has 0 bridgehead atoms. The number of halogens is 2. The van der Waals surface area contributed by atoms with Gasteiger partial charge in [0.2, 0.25) is 5.91 Å². The van der Waals surface area contributed by atoms with Crippen molar-refractivity contribution in [2.45, 2.75) is 32.8 Å². The molecule has 2 N–H and O–H groups in total. The molecule has 2 rings (SSSR count). The summed E-state index contributed by atoms with van der Waals surface area (Å²) in [6.07, 6.45) is 2.13. The maximum atomic E-state index is 12.1. The van der Waals surface area contributed by atoms with E-state index < -0.39 is 0 Å². The molecule has 1 heterocycles. The van der Waals surface area contributed by atoms with E-state index in [1.165, 1.54) is 0 Å². The first kappa shape index (κ1) is 22.8. The Balaban J connectivity index is 0.00000338. The van der Waals surface area contributed by atoms with Crippen LogP contribution < -0.4 is 15.4 Å². The highest BCUT2D eigenvalue weighted by atomic mass is 127. The van der Waals surface area contributed by atoms with Crippen molar-refractivity contribution in [3.8, 4) is 5.75 Å². The van der Waals surface area contributed by atoms with E-state index in [1.807, 2.05) is 30.9 Å². The smallest absolute Gasteiger partial charge is 0.244 e. The average Bonchev–Trinajstić information content (AvgIpc) is 3.14. The number of guanidine groups is 1. The predicted molar refractivity (Wildman–Crippen MR) is 117 cm³/mol. The second-order valence-corrected chi connectivity index (χ2v) is 6.48. The minimum absolute atomic E-state index is 0. The minimum Gasteiger partial charge on any atom is -0.489 e. The van der Waals surface area contributed by atoms with Gasteiger partial charge in [-0.1, -0.05) is 11.6 Å².